The highest BCUT2D eigenvalue weighted by Crippen LogP contribution is 2.33. The van der Waals surface area contributed by atoms with E-state index in [1.807, 2.05) is 18.2 Å². The zero-order valence-corrected chi connectivity index (χ0v) is 11.3. The van der Waals surface area contributed by atoms with Gasteiger partial charge in [0, 0.05) is 0 Å². The molecule has 0 atom stereocenters. The van der Waals surface area contributed by atoms with Gasteiger partial charge in [0.2, 0.25) is 0 Å². The third-order valence-electron chi connectivity index (χ3n) is 3.19. The molecular weight excluding hydrogens is 224 g/mol. The van der Waals surface area contributed by atoms with Crippen LogP contribution in [0.3, 0.4) is 0 Å². The van der Waals surface area contributed by atoms with Crippen LogP contribution in [0.15, 0.2) is 36.4 Å². The Morgan fingerprint density at radius 3 is 2.33 bits per heavy atom. The van der Waals surface area contributed by atoms with Gasteiger partial charge in [-0.05, 0) is 48.2 Å². The van der Waals surface area contributed by atoms with Crippen LogP contribution >= 0.6 is 0 Å². The van der Waals surface area contributed by atoms with Gasteiger partial charge in [0.25, 0.3) is 0 Å². The molecule has 0 aromatic heterocycles. The number of hydrogen-bond donors (Lipinski definition) is 0. The van der Waals surface area contributed by atoms with E-state index in [1.165, 1.54) is 5.56 Å². The summed E-state index contributed by atoms with van der Waals surface area (Å²) in [4.78, 5) is 0. The quantitative estimate of drug-likeness (QED) is 0.810. The fraction of sp³-hybridized carbons (Fsp3) is 0.250. The van der Waals surface area contributed by atoms with Crippen molar-refractivity contribution < 1.29 is 9.47 Å². The second-order valence-corrected chi connectivity index (χ2v) is 4.32. The van der Waals surface area contributed by atoms with Crippen molar-refractivity contribution in [2.24, 2.45) is 0 Å². The second kappa shape index (κ2) is 5.13. The Bertz CT molecular complexity index is 559. The van der Waals surface area contributed by atoms with E-state index in [4.69, 9.17) is 9.47 Å². The lowest BCUT2D eigenvalue weighted by Crippen LogP contribution is -1.94. The van der Waals surface area contributed by atoms with Gasteiger partial charge in [0.1, 0.15) is 11.5 Å². The van der Waals surface area contributed by atoms with Crippen LogP contribution in [0.2, 0.25) is 0 Å². The molecule has 0 spiro atoms. The molecule has 0 bridgehead atoms. The first kappa shape index (κ1) is 12.5. The lowest BCUT2D eigenvalue weighted by Gasteiger charge is -2.13. The first-order chi connectivity index (χ1) is 8.67. The highest BCUT2D eigenvalue weighted by atomic mass is 16.5. The van der Waals surface area contributed by atoms with Gasteiger partial charge in [-0.3, -0.25) is 0 Å². The van der Waals surface area contributed by atoms with Gasteiger partial charge < -0.3 is 9.47 Å². The summed E-state index contributed by atoms with van der Waals surface area (Å²) < 4.78 is 10.7. The fourth-order valence-electron chi connectivity index (χ4n) is 2.24. The van der Waals surface area contributed by atoms with E-state index in [2.05, 4.69) is 32.0 Å². The predicted octanol–water partition coefficient (Wildman–Crippen LogP) is 3.99. The minimum Gasteiger partial charge on any atom is -0.497 e. The first-order valence-corrected chi connectivity index (χ1v) is 5.96. The summed E-state index contributed by atoms with van der Waals surface area (Å²) in [6.07, 6.45) is 0. The van der Waals surface area contributed by atoms with Crippen molar-refractivity contribution in [3.8, 4) is 22.6 Å². The molecule has 2 aromatic carbocycles. The average molecular weight is 242 g/mol. The number of benzene rings is 2. The summed E-state index contributed by atoms with van der Waals surface area (Å²) in [5.74, 6) is 1.82. The van der Waals surface area contributed by atoms with Gasteiger partial charge in [-0.25, -0.2) is 0 Å². The molecule has 94 valence electrons. The Kier molecular flexibility index (Phi) is 3.56. The first-order valence-electron chi connectivity index (χ1n) is 5.96. The van der Waals surface area contributed by atoms with Gasteiger partial charge in [-0.2, -0.15) is 0 Å². The molecule has 0 unspecified atom stereocenters. The molecule has 2 rings (SSSR count). The monoisotopic (exact) mass is 242 g/mol. The summed E-state index contributed by atoms with van der Waals surface area (Å²) >= 11 is 0. The molecule has 0 aliphatic rings. The lowest BCUT2D eigenvalue weighted by atomic mass is 9.97. The summed E-state index contributed by atoms with van der Waals surface area (Å²) in [5.41, 5.74) is 4.63. The van der Waals surface area contributed by atoms with E-state index in [0.29, 0.717) is 0 Å². The van der Waals surface area contributed by atoms with E-state index >= 15 is 0 Å². The normalized spacial score (nSPS) is 10.2. The molecule has 2 nitrogen and oxygen atoms in total. The second-order valence-electron chi connectivity index (χ2n) is 4.32. The zero-order chi connectivity index (χ0) is 13.1. The molecule has 0 aliphatic carbocycles. The smallest absolute Gasteiger partial charge is 0.125 e. The molecule has 2 heteroatoms. The zero-order valence-electron chi connectivity index (χ0n) is 11.3. The maximum atomic E-state index is 5.46. The summed E-state index contributed by atoms with van der Waals surface area (Å²) in [6, 6.07) is 12.3. The number of aryl methyl sites for hydroxylation is 1. The van der Waals surface area contributed by atoms with Crippen molar-refractivity contribution in [1.29, 1.82) is 0 Å². The van der Waals surface area contributed by atoms with Crippen LogP contribution < -0.4 is 9.47 Å². The Hall–Kier alpha value is -1.96. The van der Waals surface area contributed by atoms with Crippen molar-refractivity contribution >= 4 is 0 Å². The van der Waals surface area contributed by atoms with Crippen LogP contribution in [-0.2, 0) is 0 Å². The van der Waals surface area contributed by atoms with Gasteiger partial charge in [0.05, 0.1) is 14.2 Å². The standard InChI is InChI=1S/C16H18O2/c1-11-8-9-15(12(2)16(11)18-4)13-6-5-7-14(10-13)17-3/h5-10H,1-4H3. The van der Waals surface area contributed by atoms with E-state index in [9.17, 15) is 0 Å². The molecule has 2 aromatic rings. The third kappa shape index (κ3) is 2.19. The largest absolute Gasteiger partial charge is 0.497 e. The van der Waals surface area contributed by atoms with Crippen molar-refractivity contribution in [3.05, 3.63) is 47.5 Å². The van der Waals surface area contributed by atoms with Crippen LogP contribution in [0, 0.1) is 13.8 Å². The molecule has 0 fully saturated rings. The number of methoxy groups -OCH3 is 2. The van der Waals surface area contributed by atoms with Crippen LogP contribution in [0.25, 0.3) is 11.1 Å². The van der Waals surface area contributed by atoms with E-state index in [1.54, 1.807) is 14.2 Å². The summed E-state index contributed by atoms with van der Waals surface area (Å²) in [7, 11) is 3.40. The lowest BCUT2D eigenvalue weighted by molar-refractivity contribution is 0.408. The molecule has 18 heavy (non-hydrogen) atoms. The minimum absolute atomic E-state index is 0.867. The van der Waals surface area contributed by atoms with Gasteiger partial charge in [-0.15, -0.1) is 0 Å². The molecule has 0 saturated carbocycles. The Morgan fingerprint density at radius 1 is 0.889 bits per heavy atom. The van der Waals surface area contributed by atoms with Gasteiger partial charge in [-0.1, -0.05) is 24.3 Å². The van der Waals surface area contributed by atoms with Crippen LogP contribution in [-0.4, -0.2) is 14.2 Å². The Balaban J connectivity index is 2.57. The molecule has 0 heterocycles. The molecule has 0 aliphatic heterocycles. The maximum Gasteiger partial charge on any atom is 0.125 e. The van der Waals surface area contributed by atoms with E-state index in [-0.39, 0.29) is 0 Å². The minimum atomic E-state index is 0.867. The highest BCUT2D eigenvalue weighted by molar-refractivity contribution is 5.72. The molecular formula is C16H18O2. The Labute approximate surface area is 108 Å². The van der Waals surface area contributed by atoms with Crippen LogP contribution in [0.5, 0.6) is 11.5 Å². The van der Waals surface area contributed by atoms with Gasteiger partial charge in [0.15, 0.2) is 0 Å². The number of ether oxygens (including phenoxy) is 2. The molecule has 0 N–H and O–H groups in total. The van der Waals surface area contributed by atoms with Crippen molar-refractivity contribution in [2.75, 3.05) is 14.2 Å². The van der Waals surface area contributed by atoms with E-state index in [0.717, 1.165) is 28.2 Å². The maximum absolute atomic E-state index is 5.46. The van der Waals surface area contributed by atoms with E-state index < -0.39 is 0 Å². The molecule has 0 amide bonds. The topological polar surface area (TPSA) is 18.5 Å². The van der Waals surface area contributed by atoms with Gasteiger partial charge >= 0.3 is 0 Å². The summed E-state index contributed by atoms with van der Waals surface area (Å²) in [5, 5.41) is 0. The van der Waals surface area contributed by atoms with Crippen LogP contribution in [0.1, 0.15) is 11.1 Å². The third-order valence-corrected chi connectivity index (χ3v) is 3.19. The highest BCUT2D eigenvalue weighted by Gasteiger charge is 2.09. The van der Waals surface area contributed by atoms with Crippen molar-refractivity contribution in [3.63, 3.8) is 0 Å². The Morgan fingerprint density at radius 2 is 1.67 bits per heavy atom. The fourth-order valence-corrected chi connectivity index (χ4v) is 2.24. The SMILES string of the molecule is COc1cccc(-c2ccc(C)c(OC)c2C)c1. The van der Waals surface area contributed by atoms with Crippen LogP contribution in [0.4, 0.5) is 0 Å². The van der Waals surface area contributed by atoms with Crippen molar-refractivity contribution in [2.45, 2.75) is 13.8 Å². The number of hydrogen-bond acceptors (Lipinski definition) is 2. The summed E-state index contributed by atoms with van der Waals surface area (Å²) in [6.45, 7) is 4.14. The molecule has 0 radical (unpaired) electrons. The van der Waals surface area contributed by atoms with Crippen molar-refractivity contribution in [1.82, 2.24) is 0 Å². The number of rotatable bonds is 3. The molecule has 0 saturated heterocycles. The predicted molar refractivity (Wildman–Crippen MR) is 74.5 cm³/mol. The average Bonchev–Trinajstić information content (AvgIpc) is 2.39.